The van der Waals surface area contributed by atoms with Crippen molar-refractivity contribution in [3.63, 3.8) is 0 Å². The van der Waals surface area contributed by atoms with Gasteiger partial charge in [-0.05, 0) is 97.9 Å². The molecule has 0 aliphatic carbocycles. The molecule has 1 aliphatic rings. The number of carbonyl (C=O) groups is 2. The van der Waals surface area contributed by atoms with Crippen molar-refractivity contribution in [2.75, 3.05) is 66.1 Å². The summed E-state index contributed by atoms with van der Waals surface area (Å²) in [6.07, 6.45) is 47.9. The average Bonchev–Trinajstić information content (AvgIpc) is 3.21. The van der Waals surface area contributed by atoms with Gasteiger partial charge in [-0.15, -0.1) is 0 Å². The minimum absolute atomic E-state index is 0.0581. The van der Waals surface area contributed by atoms with E-state index in [0.29, 0.717) is 39.1 Å². The molecule has 0 aromatic carbocycles. The Morgan fingerprint density at radius 2 is 0.879 bits per heavy atom. The zero-order valence-corrected chi connectivity index (χ0v) is 38.8. The van der Waals surface area contributed by atoms with Gasteiger partial charge in [-0.3, -0.25) is 14.5 Å². The SMILES string of the molecule is CCCCC/C=C\C/C=C\CCCCCCCCOC(=O)CCN(CCC(=O)OCCCCCCCC/C=C\C/C=C\CCCCC)CC(C)(C)N1CCN(C)CC1. The molecule has 1 fully saturated rings. The summed E-state index contributed by atoms with van der Waals surface area (Å²) in [6.45, 7) is 16.3. The van der Waals surface area contributed by atoms with E-state index in [1.54, 1.807) is 0 Å². The van der Waals surface area contributed by atoms with Gasteiger partial charge in [0, 0.05) is 51.4 Å². The summed E-state index contributed by atoms with van der Waals surface area (Å²) >= 11 is 0. The van der Waals surface area contributed by atoms with Crippen LogP contribution in [0.4, 0.5) is 0 Å². The van der Waals surface area contributed by atoms with E-state index in [0.717, 1.165) is 71.2 Å². The summed E-state index contributed by atoms with van der Waals surface area (Å²) in [4.78, 5) is 32.7. The van der Waals surface area contributed by atoms with Crippen molar-refractivity contribution < 1.29 is 19.1 Å². The molecule has 7 heteroatoms. The standard InChI is InChI=1S/C51H93N3O4/c1-6-8-10-12-14-16-18-20-22-24-26-28-30-32-34-36-46-57-49(55)38-40-53(48-51(3,4)54-44-42-52(5)43-45-54)41-39-50(56)58-47-37-35-33-31-29-27-25-23-21-19-17-15-13-11-9-7-2/h14-17,20-23H,6-13,18-19,24-48H2,1-5H3/b16-14-,17-15-,22-20-,23-21-. The van der Waals surface area contributed by atoms with Crippen LogP contribution in [0.3, 0.4) is 0 Å². The van der Waals surface area contributed by atoms with Gasteiger partial charge in [0.15, 0.2) is 0 Å². The van der Waals surface area contributed by atoms with Gasteiger partial charge in [-0.2, -0.15) is 0 Å². The van der Waals surface area contributed by atoms with E-state index in [9.17, 15) is 9.59 Å². The molecule has 0 unspecified atom stereocenters. The quantitative estimate of drug-likeness (QED) is 0.0348. The van der Waals surface area contributed by atoms with Crippen LogP contribution in [0, 0.1) is 0 Å². The van der Waals surface area contributed by atoms with Crippen LogP contribution in [0.1, 0.15) is 195 Å². The number of nitrogens with zero attached hydrogens (tertiary/aromatic N) is 3. The number of allylic oxidation sites excluding steroid dienone is 8. The normalized spacial score (nSPS) is 14.7. The molecule has 0 amide bonds. The third-order valence-electron chi connectivity index (χ3n) is 11.5. The second kappa shape index (κ2) is 38.9. The summed E-state index contributed by atoms with van der Waals surface area (Å²) in [5.41, 5.74) is -0.0581. The van der Waals surface area contributed by atoms with E-state index in [1.807, 2.05) is 0 Å². The van der Waals surface area contributed by atoms with E-state index in [4.69, 9.17) is 9.47 Å². The van der Waals surface area contributed by atoms with Gasteiger partial charge < -0.3 is 19.3 Å². The van der Waals surface area contributed by atoms with Crippen molar-refractivity contribution in [1.82, 2.24) is 14.7 Å². The van der Waals surface area contributed by atoms with Gasteiger partial charge in [-0.25, -0.2) is 0 Å². The number of rotatable bonds is 39. The van der Waals surface area contributed by atoms with Crippen LogP contribution in [0.2, 0.25) is 0 Å². The molecule has 0 radical (unpaired) electrons. The number of likely N-dealkylation sites (N-methyl/N-ethyl adjacent to an activating group) is 1. The first-order valence-corrected chi connectivity index (χ1v) is 24.4. The van der Waals surface area contributed by atoms with Gasteiger partial charge in [0.25, 0.3) is 0 Å². The van der Waals surface area contributed by atoms with Gasteiger partial charge in [-0.1, -0.05) is 140 Å². The molecule has 7 nitrogen and oxygen atoms in total. The van der Waals surface area contributed by atoms with Gasteiger partial charge in [0.05, 0.1) is 26.1 Å². The summed E-state index contributed by atoms with van der Waals surface area (Å²) in [6, 6.07) is 0. The zero-order valence-electron chi connectivity index (χ0n) is 38.8. The van der Waals surface area contributed by atoms with Crippen LogP contribution in [0.15, 0.2) is 48.6 Å². The van der Waals surface area contributed by atoms with Crippen molar-refractivity contribution in [3.05, 3.63) is 48.6 Å². The molecule has 0 aromatic rings. The Balaban J connectivity index is 2.25. The van der Waals surface area contributed by atoms with Gasteiger partial charge in [0.2, 0.25) is 0 Å². The average molecular weight is 812 g/mol. The predicted octanol–water partition coefficient (Wildman–Crippen LogP) is 12.8. The highest BCUT2D eigenvalue weighted by molar-refractivity contribution is 5.70. The van der Waals surface area contributed by atoms with Crippen LogP contribution in [0.25, 0.3) is 0 Å². The third-order valence-corrected chi connectivity index (χ3v) is 11.5. The Morgan fingerprint density at radius 1 is 0.517 bits per heavy atom. The summed E-state index contributed by atoms with van der Waals surface area (Å²) < 4.78 is 11.3. The highest BCUT2D eigenvalue weighted by Crippen LogP contribution is 2.19. The third kappa shape index (κ3) is 33.6. The van der Waals surface area contributed by atoms with Crippen molar-refractivity contribution in [2.24, 2.45) is 0 Å². The predicted molar refractivity (Wildman–Crippen MR) is 249 cm³/mol. The van der Waals surface area contributed by atoms with E-state index < -0.39 is 0 Å². The molecule has 1 rings (SSSR count). The van der Waals surface area contributed by atoms with E-state index in [1.165, 1.54) is 116 Å². The van der Waals surface area contributed by atoms with Crippen LogP contribution in [0.5, 0.6) is 0 Å². The number of hydrogen-bond acceptors (Lipinski definition) is 7. The molecule has 0 N–H and O–H groups in total. The first-order valence-electron chi connectivity index (χ1n) is 24.4. The molecule has 336 valence electrons. The topological polar surface area (TPSA) is 62.3 Å². The fraction of sp³-hybridized carbons (Fsp3) is 0.804. The minimum Gasteiger partial charge on any atom is -0.466 e. The lowest BCUT2D eigenvalue weighted by atomic mass is 10.00. The number of unbranched alkanes of at least 4 members (excludes halogenated alkanes) is 18. The Morgan fingerprint density at radius 3 is 1.28 bits per heavy atom. The molecule has 0 atom stereocenters. The molecular formula is C51H93N3O4. The molecular weight excluding hydrogens is 719 g/mol. The maximum Gasteiger partial charge on any atom is 0.307 e. The number of esters is 2. The number of piperazine rings is 1. The molecule has 1 heterocycles. The number of ether oxygens (including phenoxy) is 2. The van der Waals surface area contributed by atoms with Crippen molar-refractivity contribution >= 4 is 11.9 Å². The van der Waals surface area contributed by atoms with Crippen molar-refractivity contribution in [2.45, 2.75) is 200 Å². The fourth-order valence-corrected chi connectivity index (χ4v) is 7.52. The lowest BCUT2D eigenvalue weighted by Gasteiger charge is -2.45. The first kappa shape index (κ1) is 53.8. The number of carbonyl (C=O) groups excluding carboxylic acids is 2. The maximum atomic E-state index is 12.8. The van der Waals surface area contributed by atoms with E-state index >= 15 is 0 Å². The van der Waals surface area contributed by atoms with Gasteiger partial charge >= 0.3 is 11.9 Å². The van der Waals surface area contributed by atoms with Crippen molar-refractivity contribution in [1.29, 1.82) is 0 Å². The Hall–Kier alpha value is -2.22. The summed E-state index contributed by atoms with van der Waals surface area (Å²) in [5.74, 6) is -0.269. The van der Waals surface area contributed by atoms with Gasteiger partial charge in [0.1, 0.15) is 0 Å². The van der Waals surface area contributed by atoms with E-state index in [2.05, 4.69) is 98.1 Å². The smallest absolute Gasteiger partial charge is 0.307 e. The summed E-state index contributed by atoms with van der Waals surface area (Å²) in [7, 11) is 2.18. The largest absolute Gasteiger partial charge is 0.466 e. The highest BCUT2D eigenvalue weighted by atomic mass is 16.5. The Bertz CT molecular complexity index is 1010. The van der Waals surface area contributed by atoms with Crippen molar-refractivity contribution in [3.8, 4) is 0 Å². The molecule has 1 aliphatic heterocycles. The highest BCUT2D eigenvalue weighted by Gasteiger charge is 2.31. The molecule has 58 heavy (non-hydrogen) atoms. The molecule has 0 saturated carbocycles. The maximum absolute atomic E-state index is 12.8. The minimum atomic E-state index is -0.134. The lowest BCUT2D eigenvalue weighted by Crippen LogP contribution is -2.58. The van der Waals surface area contributed by atoms with Crippen LogP contribution in [-0.2, 0) is 19.1 Å². The van der Waals surface area contributed by atoms with Crippen LogP contribution >= 0.6 is 0 Å². The molecule has 1 saturated heterocycles. The second-order valence-corrected chi connectivity index (χ2v) is 17.5. The number of hydrogen-bond donors (Lipinski definition) is 0. The second-order valence-electron chi connectivity index (χ2n) is 17.5. The fourth-order valence-electron chi connectivity index (χ4n) is 7.52. The zero-order chi connectivity index (χ0) is 42.2. The molecule has 0 bridgehead atoms. The Labute approximate surface area is 359 Å². The lowest BCUT2D eigenvalue weighted by molar-refractivity contribution is -0.144. The Kier molecular flexibility index (Phi) is 36.1. The van der Waals surface area contributed by atoms with Crippen LogP contribution in [-0.4, -0.2) is 98.3 Å². The molecule has 0 spiro atoms. The van der Waals surface area contributed by atoms with E-state index in [-0.39, 0.29) is 17.5 Å². The molecule has 0 aromatic heterocycles. The summed E-state index contributed by atoms with van der Waals surface area (Å²) in [5, 5.41) is 0. The van der Waals surface area contributed by atoms with Crippen LogP contribution < -0.4 is 0 Å². The monoisotopic (exact) mass is 812 g/mol. The first-order chi connectivity index (χ1) is 28.3.